The first kappa shape index (κ1) is 17.5. The molecule has 0 spiro atoms. The van der Waals surface area contributed by atoms with Crippen LogP contribution in [0.2, 0.25) is 0 Å². The molecular weight excluding hydrogens is 357 g/mol. The van der Waals surface area contributed by atoms with Crippen LogP contribution in [0.25, 0.3) is 0 Å². The van der Waals surface area contributed by atoms with E-state index in [1.54, 1.807) is 6.92 Å². The second-order valence-corrected chi connectivity index (χ2v) is 5.33. The Morgan fingerprint density at radius 2 is 1.95 bits per heavy atom. The Hall–Kier alpha value is -1.57. The third-order valence-corrected chi connectivity index (χ3v) is 2.76. The van der Waals surface area contributed by atoms with Gasteiger partial charge in [-0.1, -0.05) is 15.9 Å². The van der Waals surface area contributed by atoms with Gasteiger partial charge in [-0.15, -0.1) is 13.2 Å². The van der Waals surface area contributed by atoms with E-state index in [0.717, 1.165) is 12.1 Å². The van der Waals surface area contributed by atoms with Gasteiger partial charge in [0.05, 0.1) is 22.6 Å². The fourth-order valence-electron chi connectivity index (χ4n) is 1.49. The molecule has 0 N–H and O–H groups in total. The molecule has 21 heavy (non-hydrogen) atoms. The van der Waals surface area contributed by atoms with Crippen molar-refractivity contribution in [3.05, 3.63) is 29.3 Å². The third kappa shape index (κ3) is 5.04. The standard InChI is InChI=1S/C13H12BrF3O4/c1-3-20-12(19)8-4-5-9(11(18)7(2)14)10(6-8)21-13(15,16)17/h4-7H,3H2,1-2H3. The van der Waals surface area contributed by atoms with E-state index >= 15 is 0 Å². The van der Waals surface area contributed by atoms with Crippen LogP contribution in [0.3, 0.4) is 0 Å². The fraction of sp³-hybridized carbons (Fsp3) is 0.385. The van der Waals surface area contributed by atoms with Crippen LogP contribution < -0.4 is 4.74 Å². The topological polar surface area (TPSA) is 52.6 Å². The molecule has 4 nitrogen and oxygen atoms in total. The van der Waals surface area contributed by atoms with Crippen molar-refractivity contribution in [2.45, 2.75) is 25.0 Å². The molecule has 1 unspecified atom stereocenters. The van der Waals surface area contributed by atoms with E-state index < -0.39 is 28.7 Å². The summed E-state index contributed by atoms with van der Waals surface area (Å²) in [7, 11) is 0. The smallest absolute Gasteiger partial charge is 0.462 e. The first-order chi connectivity index (χ1) is 9.65. The summed E-state index contributed by atoms with van der Waals surface area (Å²) in [5, 5.41) is 0. The van der Waals surface area contributed by atoms with Gasteiger partial charge in [0.25, 0.3) is 0 Å². The van der Waals surface area contributed by atoms with E-state index in [2.05, 4.69) is 20.7 Å². The lowest BCUT2D eigenvalue weighted by Gasteiger charge is -2.14. The van der Waals surface area contributed by atoms with Crippen molar-refractivity contribution in [3.63, 3.8) is 0 Å². The van der Waals surface area contributed by atoms with E-state index in [1.807, 2.05) is 0 Å². The Labute approximate surface area is 127 Å². The predicted octanol–water partition coefficient (Wildman–Crippen LogP) is 3.73. The minimum atomic E-state index is -4.97. The van der Waals surface area contributed by atoms with Gasteiger partial charge < -0.3 is 9.47 Å². The molecule has 116 valence electrons. The average Bonchev–Trinajstić information content (AvgIpc) is 2.36. The number of alkyl halides is 4. The van der Waals surface area contributed by atoms with Crippen LogP contribution in [-0.4, -0.2) is 29.5 Å². The fourth-order valence-corrected chi connectivity index (χ4v) is 1.74. The highest BCUT2D eigenvalue weighted by atomic mass is 79.9. The molecule has 1 aromatic carbocycles. The molecule has 1 aromatic rings. The summed E-state index contributed by atoms with van der Waals surface area (Å²) in [6, 6.07) is 3.16. The van der Waals surface area contributed by atoms with Crippen molar-refractivity contribution in [2.75, 3.05) is 6.61 Å². The monoisotopic (exact) mass is 368 g/mol. The Balaban J connectivity index is 3.26. The molecule has 0 radical (unpaired) electrons. The highest BCUT2D eigenvalue weighted by molar-refractivity contribution is 9.10. The number of esters is 1. The van der Waals surface area contributed by atoms with Gasteiger partial charge in [-0.2, -0.15) is 0 Å². The Morgan fingerprint density at radius 1 is 1.33 bits per heavy atom. The molecule has 8 heteroatoms. The van der Waals surface area contributed by atoms with E-state index in [-0.39, 0.29) is 17.7 Å². The van der Waals surface area contributed by atoms with Crippen molar-refractivity contribution >= 4 is 27.7 Å². The summed E-state index contributed by atoms with van der Waals surface area (Å²) in [6.07, 6.45) is -4.97. The molecule has 1 atom stereocenters. The van der Waals surface area contributed by atoms with Crippen molar-refractivity contribution < 1.29 is 32.2 Å². The van der Waals surface area contributed by atoms with E-state index in [0.29, 0.717) is 0 Å². The summed E-state index contributed by atoms with van der Waals surface area (Å²) >= 11 is 2.98. The Bertz CT molecular complexity index is 541. The Morgan fingerprint density at radius 3 is 2.43 bits per heavy atom. The van der Waals surface area contributed by atoms with Crippen LogP contribution in [0.5, 0.6) is 5.75 Å². The van der Waals surface area contributed by atoms with Crippen molar-refractivity contribution in [2.24, 2.45) is 0 Å². The molecule has 0 fully saturated rings. The first-order valence-corrected chi connectivity index (χ1v) is 6.82. The largest absolute Gasteiger partial charge is 0.573 e. The van der Waals surface area contributed by atoms with Gasteiger partial charge in [-0.3, -0.25) is 4.79 Å². The molecule has 0 aliphatic carbocycles. The zero-order chi connectivity index (χ0) is 16.2. The van der Waals surface area contributed by atoms with Crippen molar-refractivity contribution in [1.82, 2.24) is 0 Å². The normalized spacial score (nSPS) is 12.7. The zero-order valence-electron chi connectivity index (χ0n) is 11.2. The van der Waals surface area contributed by atoms with E-state index in [4.69, 9.17) is 4.74 Å². The van der Waals surface area contributed by atoms with E-state index in [9.17, 15) is 22.8 Å². The zero-order valence-corrected chi connectivity index (χ0v) is 12.7. The number of Topliss-reactive ketones (excluding diaryl/α,β-unsaturated/α-hetero) is 1. The molecule has 0 amide bonds. The van der Waals surface area contributed by atoms with Gasteiger partial charge in [-0.25, -0.2) is 4.79 Å². The van der Waals surface area contributed by atoms with Crippen LogP contribution >= 0.6 is 15.9 Å². The first-order valence-electron chi connectivity index (χ1n) is 5.91. The minimum absolute atomic E-state index is 0.0768. The lowest BCUT2D eigenvalue weighted by atomic mass is 10.0. The number of ether oxygens (including phenoxy) is 2. The van der Waals surface area contributed by atoms with Crippen LogP contribution in [0.1, 0.15) is 34.6 Å². The number of carbonyl (C=O) groups is 2. The number of ketones is 1. The number of halogens is 4. The number of hydrogen-bond donors (Lipinski definition) is 0. The quantitative estimate of drug-likeness (QED) is 0.451. The number of hydrogen-bond acceptors (Lipinski definition) is 4. The maximum atomic E-state index is 12.4. The van der Waals surface area contributed by atoms with E-state index in [1.165, 1.54) is 13.0 Å². The second-order valence-electron chi connectivity index (χ2n) is 3.96. The predicted molar refractivity (Wildman–Crippen MR) is 71.8 cm³/mol. The van der Waals surface area contributed by atoms with Gasteiger partial charge in [0.1, 0.15) is 5.75 Å². The molecule has 0 aliphatic rings. The number of benzene rings is 1. The SMILES string of the molecule is CCOC(=O)c1ccc(C(=O)C(C)Br)c(OC(F)(F)F)c1. The molecule has 0 heterocycles. The van der Waals surface area contributed by atoms with Gasteiger partial charge in [-0.05, 0) is 32.0 Å². The molecule has 0 aliphatic heterocycles. The molecule has 0 saturated heterocycles. The number of carbonyl (C=O) groups excluding carboxylic acids is 2. The second kappa shape index (κ2) is 6.93. The molecule has 0 aromatic heterocycles. The molecule has 1 rings (SSSR count). The third-order valence-electron chi connectivity index (χ3n) is 2.35. The summed E-state index contributed by atoms with van der Waals surface area (Å²) in [4.78, 5) is 22.7. The van der Waals surface area contributed by atoms with Crippen molar-refractivity contribution in [1.29, 1.82) is 0 Å². The van der Waals surface area contributed by atoms with Crippen LogP contribution in [0, 0.1) is 0 Å². The lowest BCUT2D eigenvalue weighted by Crippen LogP contribution is -2.21. The van der Waals surface area contributed by atoms with Crippen LogP contribution in [0.4, 0.5) is 13.2 Å². The van der Waals surface area contributed by atoms with Gasteiger partial charge in [0, 0.05) is 0 Å². The summed E-state index contributed by atoms with van der Waals surface area (Å²) < 4.78 is 45.7. The maximum Gasteiger partial charge on any atom is 0.573 e. The van der Waals surface area contributed by atoms with Gasteiger partial charge in [0.15, 0.2) is 5.78 Å². The Kier molecular flexibility index (Phi) is 5.77. The van der Waals surface area contributed by atoms with Crippen LogP contribution in [0.15, 0.2) is 18.2 Å². The minimum Gasteiger partial charge on any atom is -0.462 e. The van der Waals surface area contributed by atoms with Gasteiger partial charge >= 0.3 is 12.3 Å². The summed E-state index contributed by atoms with van der Waals surface area (Å²) in [5.74, 6) is -2.12. The highest BCUT2D eigenvalue weighted by Crippen LogP contribution is 2.29. The van der Waals surface area contributed by atoms with Crippen LogP contribution in [-0.2, 0) is 4.74 Å². The number of rotatable bonds is 5. The average molecular weight is 369 g/mol. The maximum absolute atomic E-state index is 12.4. The summed E-state index contributed by atoms with van der Waals surface area (Å²) in [5.41, 5.74) is -0.403. The van der Waals surface area contributed by atoms with Gasteiger partial charge in [0.2, 0.25) is 0 Å². The lowest BCUT2D eigenvalue weighted by molar-refractivity contribution is -0.274. The van der Waals surface area contributed by atoms with Crippen molar-refractivity contribution in [3.8, 4) is 5.75 Å². The molecular formula is C13H12BrF3O4. The molecule has 0 bridgehead atoms. The summed E-state index contributed by atoms with van der Waals surface area (Å²) in [6.45, 7) is 3.11. The highest BCUT2D eigenvalue weighted by Gasteiger charge is 2.33. The molecule has 0 saturated carbocycles.